The number of para-hydroxylation sites is 3. The van der Waals surface area contributed by atoms with Crippen LogP contribution in [0.25, 0.3) is 78.2 Å². The fourth-order valence-electron chi connectivity index (χ4n) is 13.7. The Morgan fingerprint density at radius 3 is 1.93 bits per heavy atom. The van der Waals surface area contributed by atoms with Gasteiger partial charge in [0.25, 0.3) is 0 Å². The normalized spacial score (nSPS) is 18.1. The molecule has 0 aromatic heterocycles. The van der Waals surface area contributed by atoms with Crippen LogP contribution in [-0.4, -0.2) is 11.1 Å². The minimum absolute atomic E-state index is 0.0663. The molecule has 15 rings (SSSR count). The Bertz CT molecular complexity index is 4160. The van der Waals surface area contributed by atoms with Crippen LogP contribution in [0, 0.1) is 0 Å². The van der Waals surface area contributed by atoms with Gasteiger partial charge < -0.3 is 14.9 Å². The molecule has 3 nitrogen and oxygen atoms in total. The molecule has 0 radical (unpaired) electrons. The molecule has 0 bridgehead atoms. The summed E-state index contributed by atoms with van der Waals surface area (Å²) in [6.07, 6.45) is 17.1. The van der Waals surface area contributed by atoms with E-state index in [4.69, 9.17) is 0 Å². The van der Waals surface area contributed by atoms with E-state index >= 15 is 0 Å². The van der Waals surface area contributed by atoms with Gasteiger partial charge in [0.2, 0.25) is 0 Å². The van der Waals surface area contributed by atoms with Gasteiger partial charge in [0.15, 0.2) is 0 Å². The monoisotopic (exact) mass is 964 g/mol. The second kappa shape index (κ2) is 17.3. The SMILES string of the molecule is CC1(O)c2ccccc2-c2cc(-c3ccc(-c4c5c(c(-c6cccc7ccccc67)c6cc(N7C8=C(CCC=C8)CCc8ccccc87)ccc46)=CCC(N4c6ccccc6CCc6ccccc64)C=5)cc3)ccc21. The molecular formula is C72H56N2O. The summed E-state index contributed by atoms with van der Waals surface area (Å²) in [5.41, 5.74) is 22.5. The van der Waals surface area contributed by atoms with E-state index in [1.54, 1.807) is 0 Å². The van der Waals surface area contributed by atoms with Gasteiger partial charge in [0.05, 0.1) is 6.04 Å². The number of aliphatic hydroxyl groups is 1. The molecule has 0 amide bonds. The third kappa shape index (κ3) is 6.98. The van der Waals surface area contributed by atoms with Crippen molar-refractivity contribution in [3.63, 3.8) is 0 Å². The van der Waals surface area contributed by atoms with Crippen LogP contribution in [0.15, 0.2) is 224 Å². The molecule has 0 saturated carbocycles. The topological polar surface area (TPSA) is 26.7 Å². The van der Waals surface area contributed by atoms with E-state index in [-0.39, 0.29) is 6.04 Å². The largest absolute Gasteiger partial charge is 0.381 e. The van der Waals surface area contributed by atoms with E-state index in [9.17, 15) is 5.11 Å². The minimum Gasteiger partial charge on any atom is -0.381 e. The van der Waals surface area contributed by atoms with E-state index in [0.29, 0.717) is 0 Å². The summed E-state index contributed by atoms with van der Waals surface area (Å²) < 4.78 is 0. The van der Waals surface area contributed by atoms with Crippen LogP contribution in [-0.2, 0) is 24.9 Å². The van der Waals surface area contributed by atoms with Crippen molar-refractivity contribution in [1.29, 1.82) is 0 Å². The lowest BCUT2D eigenvalue weighted by Gasteiger charge is -2.35. The molecule has 0 spiro atoms. The third-order valence-corrected chi connectivity index (χ3v) is 17.3. The van der Waals surface area contributed by atoms with E-state index in [0.717, 1.165) is 78.3 Å². The highest BCUT2D eigenvalue weighted by Crippen LogP contribution is 2.49. The molecule has 10 aromatic carbocycles. The molecule has 5 aliphatic rings. The highest BCUT2D eigenvalue weighted by molar-refractivity contribution is 6.12. The van der Waals surface area contributed by atoms with Gasteiger partial charge in [-0.15, -0.1) is 0 Å². The third-order valence-electron chi connectivity index (χ3n) is 17.3. The first-order chi connectivity index (χ1) is 37.0. The highest BCUT2D eigenvalue weighted by atomic mass is 16.3. The Kier molecular flexibility index (Phi) is 10.2. The molecule has 3 aliphatic carbocycles. The van der Waals surface area contributed by atoms with Crippen LogP contribution in [0.4, 0.5) is 22.7 Å². The summed E-state index contributed by atoms with van der Waals surface area (Å²) in [6, 6.07) is 74.7. The fraction of sp³-hybridized carbons (Fsp3) is 0.139. The van der Waals surface area contributed by atoms with E-state index in [1.165, 1.54) is 105 Å². The van der Waals surface area contributed by atoms with Crippen molar-refractivity contribution in [2.75, 3.05) is 9.80 Å². The molecule has 0 saturated heterocycles. The quantitative estimate of drug-likeness (QED) is 0.186. The van der Waals surface area contributed by atoms with E-state index in [2.05, 4.69) is 228 Å². The summed E-state index contributed by atoms with van der Waals surface area (Å²) in [5, 5.41) is 19.3. The molecule has 1 N–H and O–H groups in total. The number of allylic oxidation sites excluding steroid dienone is 3. The lowest BCUT2D eigenvalue weighted by molar-refractivity contribution is 0.107. The summed E-state index contributed by atoms with van der Waals surface area (Å²) in [5.74, 6) is 0. The molecule has 3 heteroatoms. The van der Waals surface area contributed by atoms with Crippen molar-refractivity contribution in [2.45, 2.75) is 63.5 Å². The lowest BCUT2D eigenvalue weighted by Crippen LogP contribution is -2.40. The van der Waals surface area contributed by atoms with Gasteiger partial charge >= 0.3 is 0 Å². The number of nitrogens with zero attached hydrogens (tertiary/aromatic N) is 2. The average molecular weight is 965 g/mol. The first-order valence-electron chi connectivity index (χ1n) is 27.1. The fourth-order valence-corrected chi connectivity index (χ4v) is 13.7. The maximum Gasteiger partial charge on any atom is 0.113 e. The smallest absolute Gasteiger partial charge is 0.113 e. The first-order valence-corrected chi connectivity index (χ1v) is 27.1. The maximum atomic E-state index is 11.7. The van der Waals surface area contributed by atoms with Crippen molar-refractivity contribution in [2.24, 2.45) is 0 Å². The maximum absolute atomic E-state index is 11.7. The van der Waals surface area contributed by atoms with Crippen molar-refractivity contribution in [3.8, 4) is 44.5 Å². The summed E-state index contributed by atoms with van der Waals surface area (Å²) >= 11 is 0. The predicted octanol–water partition coefficient (Wildman–Crippen LogP) is 16.2. The molecule has 2 atom stereocenters. The van der Waals surface area contributed by atoms with Crippen LogP contribution in [0.3, 0.4) is 0 Å². The molecule has 75 heavy (non-hydrogen) atoms. The molecule has 10 aromatic rings. The summed E-state index contributed by atoms with van der Waals surface area (Å²) in [6.45, 7) is 1.92. The van der Waals surface area contributed by atoms with Gasteiger partial charge in [0.1, 0.15) is 5.60 Å². The van der Waals surface area contributed by atoms with Crippen LogP contribution < -0.4 is 20.2 Å². The van der Waals surface area contributed by atoms with Crippen LogP contribution in [0.5, 0.6) is 0 Å². The van der Waals surface area contributed by atoms with Gasteiger partial charge in [-0.1, -0.05) is 182 Å². The summed E-state index contributed by atoms with van der Waals surface area (Å²) in [4.78, 5) is 5.22. The van der Waals surface area contributed by atoms with Crippen molar-refractivity contribution in [1.82, 2.24) is 0 Å². The van der Waals surface area contributed by atoms with Gasteiger partial charge in [0, 0.05) is 28.4 Å². The van der Waals surface area contributed by atoms with Crippen molar-refractivity contribution in [3.05, 3.63) is 262 Å². The number of hydrogen-bond donors (Lipinski definition) is 1. The predicted molar refractivity (Wildman–Crippen MR) is 313 cm³/mol. The second-order valence-electron chi connectivity index (χ2n) is 21.5. The number of hydrogen-bond acceptors (Lipinski definition) is 3. The van der Waals surface area contributed by atoms with E-state index < -0.39 is 5.60 Å². The van der Waals surface area contributed by atoms with Gasteiger partial charge in [-0.25, -0.2) is 0 Å². The molecule has 360 valence electrons. The van der Waals surface area contributed by atoms with Crippen molar-refractivity contribution >= 4 is 56.4 Å². The molecular weight excluding hydrogens is 909 g/mol. The Morgan fingerprint density at radius 1 is 0.480 bits per heavy atom. The van der Waals surface area contributed by atoms with Crippen LogP contribution in [0.2, 0.25) is 0 Å². The second-order valence-corrected chi connectivity index (χ2v) is 21.5. The Morgan fingerprint density at radius 2 is 1.12 bits per heavy atom. The Hall–Kier alpha value is -8.50. The zero-order chi connectivity index (χ0) is 49.8. The standard InChI is InChI=1S/C72H56N2O/c1-72(75)64-24-9-8-22-57(64)61-43-53(37-42-65(61)72)46-29-35-52(36-30-46)70-59-40-38-55(74-68-27-12-5-18-50(68)33-34-51-19-6-13-28-69(51)74)45-63(59)71(58-23-14-20-47-15-2-7-21-56(47)58)60-41-39-54(44-62(60)70)73-66-25-10-3-16-48(66)31-32-49-17-4-11-26-67(49)73/h2-5,7-18,20-30,35-38,40-45,54,75H,6,19,31-34,39H2,1H3. The minimum atomic E-state index is -1.03. The molecule has 2 aliphatic heterocycles. The number of anilines is 4. The number of rotatable bonds is 5. The van der Waals surface area contributed by atoms with Crippen LogP contribution in [0.1, 0.15) is 60.4 Å². The van der Waals surface area contributed by atoms with E-state index in [1.807, 2.05) is 13.0 Å². The number of aryl methyl sites for hydroxylation is 3. The van der Waals surface area contributed by atoms with Gasteiger partial charge in [-0.2, -0.15) is 0 Å². The average Bonchev–Trinajstić information content (AvgIpc) is 3.58. The Labute approximate surface area is 439 Å². The summed E-state index contributed by atoms with van der Waals surface area (Å²) in [7, 11) is 0. The number of fused-ring (bicyclic) bond motifs is 9. The van der Waals surface area contributed by atoms with Gasteiger partial charge in [-0.3, -0.25) is 0 Å². The zero-order valence-corrected chi connectivity index (χ0v) is 42.2. The lowest BCUT2D eigenvalue weighted by atomic mass is 9.83. The van der Waals surface area contributed by atoms with Gasteiger partial charge in [-0.05, 0) is 204 Å². The first kappa shape index (κ1) is 44.0. The number of benzene rings is 10. The molecule has 0 fully saturated rings. The Balaban J connectivity index is 1.00. The molecule has 2 unspecified atom stereocenters. The highest BCUT2D eigenvalue weighted by Gasteiger charge is 2.37. The molecule has 2 heterocycles. The van der Waals surface area contributed by atoms with Crippen molar-refractivity contribution < 1.29 is 5.11 Å². The zero-order valence-electron chi connectivity index (χ0n) is 42.2. The van der Waals surface area contributed by atoms with Crippen LogP contribution >= 0.6 is 0 Å².